The first-order chi connectivity index (χ1) is 11.6. The summed E-state index contributed by atoms with van der Waals surface area (Å²) in [5, 5.41) is 14.4. The van der Waals surface area contributed by atoms with Crippen molar-refractivity contribution in [2.45, 2.75) is 6.92 Å². The zero-order valence-corrected chi connectivity index (χ0v) is 13.2. The van der Waals surface area contributed by atoms with Gasteiger partial charge in [0.1, 0.15) is 17.3 Å². The Labute approximate surface area is 138 Å². The molecule has 8 nitrogen and oxygen atoms in total. The normalized spacial score (nSPS) is 10.4. The highest BCUT2D eigenvalue weighted by Crippen LogP contribution is 2.26. The van der Waals surface area contributed by atoms with Gasteiger partial charge in [-0.3, -0.25) is 5.32 Å². The molecule has 0 radical (unpaired) electrons. The Morgan fingerprint density at radius 3 is 2.67 bits per heavy atom. The van der Waals surface area contributed by atoms with E-state index in [0.29, 0.717) is 23.4 Å². The topological polar surface area (TPSA) is 109 Å². The second-order valence-electron chi connectivity index (χ2n) is 5.02. The minimum Gasteiger partial charge on any atom is -0.338 e. The summed E-state index contributed by atoms with van der Waals surface area (Å²) in [5.74, 6) is 0.381. The summed E-state index contributed by atoms with van der Waals surface area (Å²) in [6, 6.07) is 11.1. The number of fused-ring (bicyclic) bond motifs is 1. The van der Waals surface area contributed by atoms with Crippen LogP contribution in [0.5, 0.6) is 0 Å². The van der Waals surface area contributed by atoms with E-state index in [-0.39, 0.29) is 11.8 Å². The van der Waals surface area contributed by atoms with Crippen LogP contribution in [0, 0.1) is 11.3 Å². The quantitative estimate of drug-likeness (QED) is 0.767. The number of rotatable bonds is 3. The maximum Gasteiger partial charge on any atom is 0.321 e. The van der Waals surface area contributed by atoms with Crippen LogP contribution in [0.2, 0.25) is 0 Å². The molecule has 3 aromatic rings. The van der Waals surface area contributed by atoms with Crippen LogP contribution < -0.4 is 10.6 Å². The molecule has 0 bridgehead atoms. The van der Waals surface area contributed by atoms with Gasteiger partial charge in [-0.2, -0.15) is 10.2 Å². The third kappa shape index (κ3) is 2.75. The van der Waals surface area contributed by atoms with Crippen LogP contribution in [0.25, 0.3) is 22.4 Å². The molecule has 0 aliphatic heterocycles. The van der Waals surface area contributed by atoms with E-state index >= 15 is 0 Å². The molecule has 0 atom stereocenters. The summed E-state index contributed by atoms with van der Waals surface area (Å²) < 4.78 is 1.58. The minimum atomic E-state index is -0.390. The first-order valence-corrected chi connectivity index (χ1v) is 7.39. The largest absolute Gasteiger partial charge is 0.338 e. The molecule has 1 aromatic carbocycles. The van der Waals surface area contributed by atoms with E-state index in [1.54, 1.807) is 11.6 Å². The van der Waals surface area contributed by atoms with Gasteiger partial charge in [0, 0.05) is 19.2 Å². The molecule has 0 spiro atoms. The monoisotopic (exact) mass is 321 g/mol. The van der Waals surface area contributed by atoms with Gasteiger partial charge < -0.3 is 9.88 Å². The number of nitrogens with one attached hydrogen (secondary N) is 2. The molecule has 0 unspecified atom stereocenters. The van der Waals surface area contributed by atoms with Crippen LogP contribution in [0.15, 0.2) is 30.3 Å². The van der Waals surface area contributed by atoms with Gasteiger partial charge in [-0.25, -0.2) is 14.8 Å². The maximum atomic E-state index is 11.8. The van der Waals surface area contributed by atoms with Gasteiger partial charge in [0.2, 0.25) is 11.8 Å². The number of aryl methyl sites for hydroxylation is 1. The molecule has 2 N–H and O–H groups in total. The number of carbonyl (C=O) groups excluding carboxylic acids is 1. The van der Waals surface area contributed by atoms with Gasteiger partial charge in [-0.05, 0) is 6.92 Å². The van der Waals surface area contributed by atoms with E-state index in [1.165, 1.54) is 0 Å². The Kier molecular flexibility index (Phi) is 4.07. The zero-order chi connectivity index (χ0) is 17.1. The molecule has 2 heterocycles. The predicted molar refractivity (Wildman–Crippen MR) is 89.2 cm³/mol. The Morgan fingerprint density at radius 1 is 1.25 bits per heavy atom. The number of hydrogen-bond donors (Lipinski definition) is 2. The van der Waals surface area contributed by atoms with Crippen LogP contribution in [-0.2, 0) is 7.05 Å². The molecular weight excluding hydrogens is 306 g/mol. The van der Waals surface area contributed by atoms with Crippen LogP contribution in [0.4, 0.5) is 10.7 Å². The Balaban J connectivity index is 2.20. The highest BCUT2D eigenvalue weighted by Gasteiger charge is 2.17. The second-order valence-corrected chi connectivity index (χ2v) is 5.02. The summed E-state index contributed by atoms with van der Waals surface area (Å²) in [6.45, 7) is 2.31. The standard InChI is InChI=1S/C16H15N7O/c1-3-18-16(24)22-15-20-12(10-7-5-4-6-8-10)13-14(21-15)23(2)11(9-17)19-13/h4-8H,3H2,1-2H3,(H2,18,20,21,22,24). The number of carbonyl (C=O) groups is 1. The number of urea groups is 1. The number of nitrogens with zero attached hydrogens (tertiary/aromatic N) is 5. The van der Waals surface area contributed by atoms with E-state index in [0.717, 1.165) is 5.56 Å². The van der Waals surface area contributed by atoms with Crippen LogP contribution in [0.3, 0.4) is 0 Å². The lowest BCUT2D eigenvalue weighted by Crippen LogP contribution is -2.29. The van der Waals surface area contributed by atoms with Crippen LogP contribution >= 0.6 is 0 Å². The number of amides is 2. The van der Waals surface area contributed by atoms with E-state index in [2.05, 4.69) is 25.6 Å². The Hall–Kier alpha value is -3.47. The number of nitriles is 1. The Bertz CT molecular complexity index is 940. The predicted octanol–water partition coefficient (Wildman–Crippen LogP) is 2.04. The van der Waals surface area contributed by atoms with Gasteiger partial charge in [-0.15, -0.1) is 0 Å². The van der Waals surface area contributed by atoms with Crippen LogP contribution in [0.1, 0.15) is 12.7 Å². The lowest BCUT2D eigenvalue weighted by molar-refractivity contribution is 0.252. The molecule has 0 aliphatic rings. The average Bonchev–Trinajstić information content (AvgIpc) is 2.91. The summed E-state index contributed by atoms with van der Waals surface area (Å²) in [4.78, 5) is 24.8. The molecule has 2 amide bonds. The van der Waals surface area contributed by atoms with Gasteiger partial charge in [0.05, 0.1) is 0 Å². The van der Waals surface area contributed by atoms with Crippen molar-refractivity contribution in [2.75, 3.05) is 11.9 Å². The summed E-state index contributed by atoms with van der Waals surface area (Å²) in [7, 11) is 1.70. The lowest BCUT2D eigenvalue weighted by atomic mass is 10.1. The molecule has 3 rings (SSSR count). The van der Waals surface area contributed by atoms with Crippen molar-refractivity contribution in [3.63, 3.8) is 0 Å². The van der Waals surface area contributed by atoms with E-state index in [9.17, 15) is 10.1 Å². The SMILES string of the molecule is CCNC(=O)Nc1nc(-c2ccccc2)c2nc(C#N)n(C)c2n1. The third-order valence-corrected chi connectivity index (χ3v) is 3.43. The molecule has 8 heteroatoms. The van der Waals surface area contributed by atoms with Gasteiger partial charge in [0.15, 0.2) is 5.65 Å². The van der Waals surface area contributed by atoms with Crippen molar-refractivity contribution in [2.24, 2.45) is 7.05 Å². The fraction of sp³-hybridized carbons (Fsp3) is 0.188. The molecule has 0 fully saturated rings. The zero-order valence-electron chi connectivity index (χ0n) is 13.2. The summed E-state index contributed by atoms with van der Waals surface area (Å²) in [6.07, 6.45) is 0. The lowest BCUT2D eigenvalue weighted by Gasteiger charge is -2.08. The van der Waals surface area contributed by atoms with Crippen molar-refractivity contribution in [1.82, 2.24) is 24.8 Å². The van der Waals surface area contributed by atoms with E-state index in [1.807, 2.05) is 43.3 Å². The number of hydrogen-bond acceptors (Lipinski definition) is 5. The molecule has 0 saturated heterocycles. The smallest absolute Gasteiger partial charge is 0.321 e. The number of benzene rings is 1. The highest BCUT2D eigenvalue weighted by atomic mass is 16.2. The van der Waals surface area contributed by atoms with Crippen LogP contribution in [-0.4, -0.2) is 32.1 Å². The first kappa shape index (κ1) is 15.4. The average molecular weight is 321 g/mol. The number of aromatic nitrogens is 4. The summed E-state index contributed by atoms with van der Waals surface area (Å²) >= 11 is 0. The molecule has 0 saturated carbocycles. The van der Waals surface area contributed by atoms with E-state index < -0.39 is 6.03 Å². The molecule has 0 aliphatic carbocycles. The van der Waals surface area contributed by atoms with Crippen molar-refractivity contribution >= 4 is 23.1 Å². The Morgan fingerprint density at radius 2 is 2.00 bits per heavy atom. The second kappa shape index (κ2) is 6.34. The molecule has 120 valence electrons. The third-order valence-electron chi connectivity index (χ3n) is 3.43. The molecule has 24 heavy (non-hydrogen) atoms. The van der Waals surface area contributed by atoms with Gasteiger partial charge >= 0.3 is 6.03 Å². The first-order valence-electron chi connectivity index (χ1n) is 7.39. The van der Waals surface area contributed by atoms with Gasteiger partial charge in [0.25, 0.3) is 0 Å². The number of imidazole rings is 1. The summed E-state index contributed by atoms with van der Waals surface area (Å²) in [5.41, 5.74) is 2.38. The van der Waals surface area contributed by atoms with Crippen molar-refractivity contribution in [3.8, 4) is 17.3 Å². The number of anilines is 1. The highest BCUT2D eigenvalue weighted by molar-refractivity contribution is 5.92. The fourth-order valence-corrected chi connectivity index (χ4v) is 2.32. The van der Waals surface area contributed by atoms with E-state index in [4.69, 9.17) is 0 Å². The van der Waals surface area contributed by atoms with Crippen molar-refractivity contribution in [1.29, 1.82) is 5.26 Å². The molecule has 2 aromatic heterocycles. The fourth-order valence-electron chi connectivity index (χ4n) is 2.32. The molecular formula is C16H15N7O. The van der Waals surface area contributed by atoms with Crippen molar-refractivity contribution in [3.05, 3.63) is 36.2 Å². The maximum absolute atomic E-state index is 11.8. The minimum absolute atomic E-state index is 0.153. The van der Waals surface area contributed by atoms with Crippen molar-refractivity contribution < 1.29 is 4.79 Å². The van der Waals surface area contributed by atoms with Gasteiger partial charge in [-0.1, -0.05) is 30.3 Å².